The fourth-order valence-corrected chi connectivity index (χ4v) is 2.96. The fraction of sp³-hybridized carbons (Fsp3) is 0.786. The molecule has 1 heterocycles. The zero-order valence-corrected chi connectivity index (χ0v) is 12.4. The minimum atomic E-state index is -0.326. The van der Waals surface area contributed by atoms with Crippen molar-refractivity contribution in [1.82, 2.24) is 5.32 Å². The van der Waals surface area contributed by atoms with Gasteiger partial charge in [-0.05, 0) is 46.0 Å². The first-order valence-corrected chi connectivity index (χ1v) is 7.29. The van der Waals surface area contributed by atoms with Crippen LogP contribution in [0.1, 0.15) is 40.0 Å². The number of ether oxygens (including phenoxy) is 1. The number of carbonyl (C=O) groups is 1. The molecule has 4 atom stereocenters. The number of rotatable bonds is 3. The molecule has 0 spiro atoms. The quantitative estimate of drug-likeness (QED) is 0.820. The van der Waals surface area contributed by atoms with E-state index in [4.69, 9.17) is 10.5 Å². The van der Waals surface area contributed by atoms with Gasteiger partial charge in [0.25, 0.3) is 0 Å². The summed E-state index contributed by atoms with van der Waals surface area (Å²) in [6.07, 6.45) is 4.07. The summed E-state index contributed by atoms with van der Waals surface area (Å²) in [5, 5.41) is 2.75. The molecule has 1 saturated carbocycles. The van der Waals surface area contributed by atoms with Crippen molar-refractivity contribution >= 4 is 18.1 Å². The summed E-state index contributed by atoms with van der Waals surface area (Å²) in [6, 6.07) is 0.359. The standard InChI is InChI=1S/C14H24N4O2/c1-8(2)17-14(19)20-11-5-4-10(6-11)13-9(3)18-12(15)7-16-13/h7-11,13H,4-6H2,1-3H3,(H2,15,18)(H,17,19). The van der Waals surface area contributed by atoms with E-state index in [1.807, 2.05) is 20.8 Å². The molecule has 0 aromatic rings. The topological polar surface area (TPSA) is 89.1 Å². The number of hydrogen-bond acceptors (Lipinski definition) is 5. The first kappa shape index (κ1) is 14.8. The molecule has 2 rings (SSSR count). The second-order valence-electron chi connectivity index (χ2n) is 5.96. The lowest BCUT2D eigenvalue weighted by molar-refractivity contribution is 0.0957. The number of nitrogens with zero attached hydrogens (tertiary/aromatic N) is 2. The highest BCUT2D eigenvalue weighted by Gasteiger charge is 2.36. The predicted molar refractivity (Wildman–Crippen MR) is 79.2 cm³/mol. The van der Waals surface area contributed by atoms with Crippen LogP contribution in [0, 0.1) is 5.92 Å². The minimum absolute atomic E-state index is 0.00981. The maximum absolute atomic E-state index is 11.6. The lowest BCUT2D eigenvalue weighted by Crippen LogP contribution is -2.35. The summed E-state index contributed by atoms with van der Waals surface area (Å²) in [5.74, 6) is 0.908. The van der Waals surface area contributed by atoms with Crippen molar-refractivity contribution in [2.45, 2.75) is 64.3 Å². The van der Waals surface area contributed by atoms with Crippen molar-refractivity contribution in [3.63, 3.8) is 0 Å². The monoisotopic (exact) mass is 280 g/mol. The van der Waals surface area contributed by atoms with Crippen LogP contribution in [-0.4, -0.2) is 42.4 Å². The van der Waals surface area contributed by atoms with Gasteiger partial charge in [-0.25, -0.2) is 4.79 Å². The lowest BCUT2D eigenvalue weighted by atomic mass is 9.92. The van der Waals surface area contributed by atoms with Gasteiger partial charge in [0.1, 0.15) is 11.9 Å². The van der Waals surface area contributed by atoms with Crippen LogP contribution < -0.4 is 11.1 Å². The molecule has 112 valence electrons. The SMILES string of the molecule is CC(C)NC(=O)OC1CCC(C2N=CC(N)=NC2C)C1. The van der Waals surface area contributed by atoms with Crippen molar-refractivity contribution in [2.75, 3.05) is 0 Å². The Morgan fingerprint density at radius 3 is 2.90 bits per heavy atom. The second kappa shape index (κ2) is 6.24. The van der Waals surface area contributed by atoms with Gasteiger partial charge < -0.3 is 15.8 Å². The summed E-state index contributed by atoms with van der Waals surface area (Å²) >= 11 is 0. The van der Waals surface area contributed by atoms with Gasteiger partial charge in [-0.15, -0.1) is 0 Å². The molecule has 0 bridgehead atoms. The van der Waals surface area contributed by atoms with Crippen molar-refractivity contribution in [3.8, 4) is 0 Å². The van der Waals surface area contributed by atoms with Crippen LogP contribution in [0.3, 0.4) is 0 Å². The molecule has 1 aliphatic heterocycles. The molecule has 4 unspecified atom stereocenters. The van der Waals surface area contributed by atoms with Crippen molar-refractivity contribution in [2.24, 2.45) is 21.6 Å². The van der Waals surface area contributed by atoms with Crippen LogP contribution in [0.5, 0.6) is 0 Å². The molecule has 6 heteroatoms. The van der Waals surface area contributed by atoms with Crippen LogP contribution in [0.15, 0.2) is 9.98 Å². The number of nitrogens with one attached hydrogen (secondary N) is 1. The Morgan fingerprint density at radius 1 is 1.50 bits per heavy atom. The highest BCUT2D eigenvalue weighted by molar-refractivity contribution is 6.29. The third-order valence-corrected chi connectivity index (χ3v) is 3.81. The van der Waals surface area contributed by atoms with Crippen LogP contribution >= 0.6 is 0 Å². The van der Waals surface area contributed by atoms with Crippen LogP contribution in [0.2, 0.25) is 0 Å². The van der Waals surface area contributed by atoms with Gasteiger partial charge in [0.05, 0.1) is 18.3 Å². The minimum Gasteiger partial charge on any atom is -0.446 e. The normalized spacial score (nSPS) is 33.1. The highest BCUT2D eigenvalue weighted by atomic mass is 16.6. The molecular formula is C14H24N4O2. The maximum Gasteiger partial charge on any atom is 0.407 e. The Bertz CT molecular complexity index is 419. The van der Waals surface area contributed by atoms with E-state index >= 15 is 0 Å². The molecular weight excluding hydrogens is 256 g/mol. The number of nitrogens with two attached hydrogens (primary N) is 1. The van der Waals surface area contributed by atoms with Gasteiger partial charge in [-0.1, -0.05) is 0 Å². The molecule has 20 heavy (non-hydrogen) atoms. The fourth-order valence-electron chi connectivity index (χ4n) is 2.96. The first-order chi connectivity index (χ1) is 9.45. The lowest BCUT2D eigenvalue weighted by Gasteiger charge is -2.26. The van der Waals surface area contributed by atoms with Gasteiger partial charge in [-0.3, -0.25) is 9.98 Å². The zero-order valence-electron chi connectivity index (χ0n) is 12.4. The summed E-state index contributed by atoms with van der Waals surface area (Å²) in [6.45, 7) is 5.87. The Hall–Kier alpha value is -1.59. The van der Waals surface area contributed by atoms with E-state index in [0.29, 0.717) is 11.8 Å². The third-order valence-electron chi connectivity index (χ3n) is 3.81. The van der Waals surface area contributed by atoms with E-state index in [2.05, 4.69) is 15.3 Å². The zero-order chi connectivity index (χ0) is 14.7. The highest BCUT2D eigenvalue weighted by Crippen LogP contribution is 2.34. The Morgan fingerprint density at radius 2 is 2.25 bits per heavy atom. The number of alkyl carbamates (subject to hydrolysis) is 1. The van der Waals surface area contributed by atoms with E-state index in [1.165, 1.54) is 0 Å². The number of aliphatic imine (C=N–C) groups is 2. The number of amides is 1. The van der Waals surface area contributed by atoms with E-state index in [0.717, 1.165) is 19.3 Å². The largest absolute Gasteiger partial charge is 0.446 e. The number of amidine groups is 1. The molecule has 1 amide bonds. The van der Waals surface area contributed by atoms with Gasteiger partial charge in [0.15, 0.2) is 0 Å². The number of hydrogen-bond donors (Lipinski definition) is 2. The molecule has 0 aromatic heterocycles. The summed E-state index contributed by atoms with van der Waals surface area (Å²) in [7, 11) is 0. The Kier molecular flexibility index (Phi) is 4.62. The first-order valence-electron chi connectivity index (χ1n) is 7.29. The van der Waals surface area contributed by atoms with Gasteiger partial charge in [-0.2, -0.15) is 0 Å². The molecule has 0 radical (unpaired) electrons. The van der Waals surface area contributed by atoms with Gasteiger partial charge in [0.2, 0.25) is 0 Å². The van der Waals surface area contributed by atoms with E-state index in [1.54, 1.807) is 6.21 Å². The summed E-state index contributed by atoms with van der Waals surface area (Å²) in [4.78, 5) is 20.5. The van der Waals surface area contributed by atoms with Crippen molar-refractivity contribution < 1.29 is 9.53 Å². The second-order valence-corrected chi connectivity index (χ2v) is 5.96. The van der Waals surface area contributed by atoms with Crippen molar-refractivity contribution in [3.05, 3.63) is 0 Å². The smallest absolute Gasteiger partial charge is 0.407 e. The molecule has 1 aliphatic carbocycles. The molecule has 0 saturated heterocycles. The average molecular weight is 280 g/mol. The maximum atomic E-state index is 11.6. The predicted octanol–water partition coefficient (Wildman–Crippen LogP) is 1.49. The van der Waals surface area contributed by atoms with Crippen LogP contribution in [-0.2, 0) is 4.74 Å². The summed E-state index contributed by atoms with van der Waals surface area (Å²) in [5.41, 5.74) is 5.65. The van der Waals surface area contributed by atoms with E-state index in [-0.39, 0.29) is 30.3 Å². The molecule has 3 N–H and O–H groups in total. The molecule has 2 aliphatic rings. The number of carbonyl (C=O) groups excluding carboxylic acids is 1. The van der Waals surface area contributed by atoms with E-state index < -0.39 is 0 Å². The molecule has 0 aromatic carbocycles. The van der Waals surface area contributed by atoms with Crippen molar-refractivity contribution in [1.29, 1.82) is 0 Å². The Labute approximate surface area is 119 Å². The van der Waals surface area contributed by atoms with Gasteiger partial charge >= 0.3 is 6.09 Å². The molecule has 1 fully saturated rings. The van der Waals surface area contributed by atoms with Gasteiger partial charge in [0, 0.05) is 6.04 Å². The Balaban J connectivity index is 1.84. The van der Waals surface area contributed by atoms with Crippen LogP contribution in [0.25, 0.3) is 0 Å². The van der Waals surface area contributed by atoms with Crippen LogP contribution in [0.4, 0.5) is 4.79 Å². The molecule has 6 nitrogen and oxygen atoms in total. The average Bonchev–Trinajstić information content (AvgIpc) is 2.75. The third kappa shape index (κ3) is 3.71. The van der Waals surface area contributed by atoms with E-state index in [9.17, 15) is 4.79 Å². The summed E-state index contributed by atoms with van der Waals surface area (Å²) < 4.78 is 5.44.